The molecule has 6 nitrogen and oxygen atoms in total. The summed E-state index contributed by atoms with van der Waals surface area (Å²) in [6.07, 6.45) is 2.23. The van der Waals surface area contributed by atoms with E-state index in [1.807, 2.05) is 20.8 Å². The van der Waals surface area contributed by atoms with Gasteiger partial charge in [-0.15, -0.1) is 0 Å². The zero-order valence-electron chi connectivity index (χ0n) is 12.8. The van der Waals surface area contributed by atoms with Crippen molar-refractivity contribution in [1.29, 1.82) is 0 Å². The molecule has 0 unspecified atom stereocenters. The van der Waals surface area contributed by atoms with Crippen LogP contribution in [-0.4, -0.2) is 31.2 Å². The third kappa shape index (κ3) is 4.06. The van der Waals surface area contributed by atoms with Gasteiger partial charge in [-0.2, -0.15) is 0 Å². The van der Waals surface area contributed by atoms with Gasteiger partial charge < -0.3 is 14.8 Å². The number of nitrogens with one attached hydrogen (secondary N) is 2. The van der Waals surface area contributed by atoms with E-state index in [0.717, 1.165) is 6.42 Å². The number of rotatable bonds is 6. The van der Waals surface area contributed by atoms with Crippen molar-refractivity contribution in [2.75, 3.05) is 6.61 Å². The molecule has 3 N–H and O–H groups in total. The average Bonchev–Trinajstić information content (AvgIpc) is 2.80. The Kier molecular flexibility index (Phi) is 4.49. The lowest BCUT2D eigenvalue weighted by atomic mass is 9.78. The Labute approximate surface area is 126 Å². The second-order valence-electron chi connectivity index (χ2n) is 6.72. The van der Waals surface area contributed by atoms with E-state index >= 15 is 0 Å². The lowest BCUT2D eigenvalue weighted by Crippen LogP contribution is -2.55. The smallest absolute Gasteiger partial charge is 0.274 e. The van der Waals surface area contributed by atoms with Crippen LogP contribution in [0.3, 0.4) is 0 Å². The van der Waals surface area contributed by atoms with Gasteiger partial charge in [0.05, 0.1) is 18.7 Å². The van der Waals surface area contributed by atoms with Gasteiger partial charge in [-0.05, 0) is 52.2 Å². The van der Waals surface area contributed by atoms with Gasteiger partial charge in [-0.3, -0.25) is 0 Å². The summed E-state index contributed by atoms with van der Waals surface area (Å²) in [5, 5.41) is 12.5. The van der Waals surface area contributed by atoms with Gasteiger partial charge in [-0.25, -0.2) is 13.1 Å². The summed E-state index contributed by atoms with van der Waals surface area (Å²) in [5.41, 5.74) is -0.785. The summed E-state index contributed by atoms with van der Waals surface area (Å²) in [6.45, 7) is 6.35. The first kappa shape index (κ1) is 16.5. The molecule has 1 saturated carbocycles. The van der Waals surface area contributed by atoms with Crippen LogP contribution in [0.1, 0.15) is 45.8 Å². The number of sulfonamides is 1. The fraction of sp³-hybridized carbons (Fsp3) is 0.714. The minimum absolute atomic E-state index is 0.0725. The summed E-state index contributed by atoms with van der Waals surface area (Å²) in [4.78, 5) is 0. The second-order valence-corrected chi connectivity index (χ2v) is 8.34. The Morgan fingerprint density at radius 1 is 1.33 bits per heavy atom. The molecule has 1 heterocycles. The summed E-state index contributed by atoms with van der Waals surface area (Å²) in [7, 11) is -3.73. The lowest BCUT2D eigenvalue weighted by Gasteiger charge is -2.40. The highest BCUT2D eigenvalue weighted by atomic mass is 32.2. The van der Waals surface area contributed by atoms with Crippen LogP contribution >= 0.6 is 0 Å². The maximum Gasteiger partial charge on any atom is 0.274 e. The minimum atomic E-state index is -3.73. The van der Waals surface area contributed by atoms with Crippen LogP contribution in [0.25, 0.3) is 0 Å². The standard InChI is InChI=1S/C14H24N2O4S/c1-13(2,3)15-9-11-5-6-12(20-11)21(18,19)16-14(10-17)7-4-8-14/h5-6,15-17H,4,7-10H2,1-3H3. The lowest BCUT2D eigenvalue weighted by molar-refractivity contribution is 0.110. The molecule has 21 heavy (non-hydrogen) atoms. The molecule has 0 atom stereocenters. The molecule has 1 aromatic rings. The molecule has 0 bridgehead atoms. The molecule has 0 aromatic carbocycles. The largest absolute Gasteiger partial charge is 0.447 e. The number of hydrogen-bond acceptors (Lipinski definition) is 5. The Hall–Kier alpha value is -0.890. The van der Waals surface area contributed by atoms with Crippen molar-refractivity contribution in [3.05, 3.63) is 17.9 Å². The minimum Gasteiger partial charge on any atom is -0.447 e. The third-order valence-electron chi connectivity index (χ3n) is 3.66. The van der Waals surface area contributed by atoms with E-state index in [9.17, 15) is 13.5 Å². The van der Waals surface area contributed by atoms with Crippen LogP contribution in [0.4, 0.5) is 0 Å². The number of hydrogen-bond donors (Lipinski definition) is 3. The van der Waals surface area contributed by atoms with Crippen LogP contribution in [0, 0.1) is 0 Å². The SMILES string of the molecule is CC(C)(C)NCc1ccc(S(=O)(=O)NC2(CO)CCC2)o1. The summed E-state index contributed by atoms with van der Waals surface area (Å²) in [5.74, 6) is 0.567. The maximum absolute atomic E-state index is 12.3. The second kappa shape index (κ2) is 5.72. The molecule has 1 aromatic heterocycles. The first-order chi connectivity index (χ1) is 9.66. The van der Waals surface area contributed by atoms with Crippen molar-refractivity contribution in [3.8, 4) is 0 Å². The fourth-order valence-corrected chi connectivity index (χ4v) is 3.58. The van der Waals surface area contributed by atoms with Crippen LogP contribution in [0.15, 0.2) is 21.6 Å². The average molecular weight is 316 g/mol. The fourth-order valence-electron chi connectivity index (χ4n) is 2.18. The molecule has 0 spiro atoms. The van der Waals surface area contributed by atoms with E-state index in [1.165, 1.54) is 6.07 Å². The van der Waals surface area contributed by atoms with E-state index in [0.29, 0.717) is 25.1 Å². The summed E-state index contributed by atoms with van der Waals surface area (Å²) >= 11 is 0. The Morgan fingerprint density at radius 3 is 2.48 bits per heavy atom. The van der Waals surface area contributed by atoms with E-state index in [1.54, 1.807) is 6.07 Å². The van der Waals surface area contributed by atoms with Crippen molar-refractivity contribution in [2.45, 2.75) is 62.7 Å². The molecule has 1 aliphatic rings. The van der Waals surface area contributed by atoms with Crippen molar-refractivity contribution in [3.63, 3.8) is 0 Å². The van der Waals surface area contributed by atoms with Crippen molar-refractivity contribution >= 4 is 10.0 Å². The highest BCUT2D eigenvalue weighted by Crippen LogP contribution is 2.33. The Morgan fingerprint density at radius 2 is 2.00 bits per heavy atom. The van der Waals surface area contributed by atoms with Crippen molar-refractivity contribution < 1.29 is 17.9 Å². The third-order valence-corrected chi connectivity index (χ3v) is 5.11. The van der Waals surface area contributed by atoms with Crippen LogP contribution < -0.4 is 10.0 Å². The van der Waals surface area contributed by atoms with Crippen LogP contribution in [-0.2, 0) is 16.6 Å². The first-order valence-electron chi connectivity index (χ1n) is 7.14. The van der Waals surface area contributed by atoms with Gasteiger partial charge in [0.2, 0.25) is 5.09 Å². The quantitative estimate of drug-likeness (QED) is 0.737. The van der Waals surface area contributed by atoms with E-state index in [2.05, 4.69) is 10.0 Å². The molecule has 120 valence electrons. The highest BCUT2D eigenvalue weighted by Gasteiger charge is 2.41. The molecule has 2 rings (SSSR count). The molecule has 1 aliphatic carbocycles. The van der Waals surface area contributed by atoms with E-state index < -0.39 is 15.6 Å². The molecule has 0 radical (unpaired) electrons. The monoisotopic (exact) mass is 316 g/mol. The molecule has 7 heteroatoms. The number of aliphatic hydroxyl groups is 1. The molecule has 0 aliphatic heterocycles. The van der Waals surface area contributed by atoms with Crippen molar-refractivity contribution in [1.82, 2.24) is 10.0 Å². The van der Waals surface area contributed by atoms with Gasteiger partial charge in [0.1, 0.15) is 5.76 Å². The van der Waals surface area contributed by atoms with Gasteiger partial charge in [0.15, 0.2) is 0 Å². The topological polar surface area (TPSA) is 91.6 Å². The molecular formula is C14H24N2O4S. The van der Waals surface area contributed by atoms with Gasteiger partial charge in [0.25, 0.3) is 10.0 Å². The van der Waals surface area contributed by atoms with Crippen LogP contribution in [0.2, 0.25) is 0 Å². The molecule has 0 saturated heterocycles. The zero-order valence-corrected chi connectivity index (χ0v) is 13.6. The summed E-state index contributed by atoms with van der Waals surface area (Å²) < 4.78 is 32.5. The molecule has 1 fully saturated rings. The molecule has 0 amide bonds. The van der Waals surface area contributed by atoms with Gasteiger partial charge >= 0.3 is 0 Å². The number of furan rings is 1. The zero-order chi connectivity index (χ0) is 15.7. The van der Waals surface area contributed by atoms with Crippen molar-refractivity contribution in [2.24, 2.45) is 0 Å². The van der Waals surface area contributed by atoms with Gasteiger partial charge in [0, 0.05) is 5.54 Å². The summed E-state index contributed by atoms with van der Waals surface area (Å²) in [6, 6.07) is 3.10. The first-order valence-corrected chi connectivity index (χ1v) is 8.63. The number of aliphatic hydroxyl groups excluding tert-OH is 1. The molecular weight excluding hydrogens is 292 g/mol. The van der Waals surface area contributed by atoms with Crippen LogP contribution in [0.5, 0.6) is 0 Å². The normalized spacial score (nSPS) is 18.5. The van der Waals surface area contributed by atoms with Gasteiger partial charge in [-0.1, -0.05) is 0 Å². The predicted molar refractivity (Wildman–Crippen MR) is 79.3 cm³/mol. The van der Waals surface area contributed by atoms with E-state index in [4.69, 9.17) is 4.42 Å². The Bertz CT molecular complexity index is 577. The highest BCUT2D eigenvalue weighted by molar-refractivity contribution is 7.89. The predicted octanol–water partition coefficient (Wildman–Crippen LogP) is 1.36. The Balaban J connectivity index is 2.05. The maximum atomic E-state index is 12.3. The van der Waals surface area contributed by atoms with E-state index in [-0.39, 0.29) is 17.2 Å².